The second-order valence-corrected chi connectivity index (χ2v) is 6.48. The van der Waals surface area contributed by atoms with E-state index in [0.29, 0.717) is 5.41 Å². The molecule has 3 nitrogen and oxygen atoms in total. The molecule has 1 aliphatic heterocycles. The van der Waals surface area contributed by atoms with Crippen LogP contribution in [0.15, 0.2) is 0 Å². The average Bonchev–Trinajstić information content (AvgIpc) is 2.55. The van der Waals surface area contributed by atoms with Gasteiger partial charge in [0.1, 0.15) is 0 Å². The fourth-order valence-corrected chi connectivity index (χ4v) is 3.89. The Morgan fingerprint density at radius 1 is 1.17 bits per heavy atom. The van der Waals surface area contributed by atoms with E-state index in [-0.39, 0.29) is 6.10 Å². The van der Waals surface area contributed by atoms with Crippen molar-refractivity contribution in [2.45, 2.75) is 57.5 Å². The first kappa shape index (κ1) is 14.3. The van der Waals surface area contributed by atoms with Crippen molar-refractivity contribution >= 4 is 0 Å². The van der Waals surface area contributed by atoms with Crippen molar-refractivity contribution in [1.82, 2.24) is 10.2 Å². The molecule has 1 saturated carbocycles. The fraction of sp³-hybridized carbons (Fsp3) is 1.00. The van der Waals surface area contributed by atoms with E-state index >= 15 is 0 Å². The van der Waals surface area contributed by atoms with Crippen LogP contribution in [-0.4, -0.2) is 49.3 Å². The predicted molar refractivity (Wildman–Crippen MR) is 75.7 cm³/mol. The first-order chi connectivity index (χ1) is 8.74. The molecule has 0 radical (unpaired) electrons. The summed E-state index contributed by atoms with van der Waals surface area (Å²) in [6, 6.07) is 0. The first-order valence-electron chi connectivity index (χ1n) is 7.79. The number of aliphatic hydroxyl groups is 1. The van der Waals surface area contributed by atoms with Gasteiger partial charge < -0.3 is 15.3 Å². The van der Waals surface area contributed by atoms with Gasteiger partial charge in [-0.1, -0.05) is 25.7 Å². The maximum absolute atomic E-state index is 9.82. The molecule has 2 N–H and O–H groups in total. The molecule has 1 atom stereocenters. The molecule has 1 saturated heterocycles. The van der Waals surface area contributed by atoms with Gasteiger partial charge in [0.15, 0.2) is 0 Å². The van der Waals surface area contributed by atoms with Gasteiger partial charge in [-0.15, -0.1) is 0 Å². The van der Waals surface area contributed by atoms with Gasteiger partial charge in [-0.25, -0.2) is 0 Å². The van der Waals surface area contributed by atoms with Crippen LogP contribution in [0.2, 0.25) is 0 Å². The van der Waals surface area contributed by atoms with Gasteiger partial charge in [0, 0.05) is 19.6 Å². The molecule has 0 amide bonds. The SMILES string of the molecule is CNCC1(CN2CCCC(O)C2)CCCCCC1. The van der Waals surface area contributed by atoms with Crippen molar-refractivity contribution in [3.8, 4) is 0 Å². The van der Waals surface area contributed by atoms with E-state index in [9.17, 15) is 5.11 Å². The molecule has 2 aliphatic rings. The summed E-state index contributed by atoms with van der Waals surface area (Å²) in [5, 5.41) is 13.2. The van der Waals surface area contributed by atoms with Crippen LogP contribution in [0, 0.1) is 5.41 Å². The third-order valence-corrected chi connectivity index (χ3v) is 4.76. The summed E-state index contributed by atoms with van der Waals surface area (Å²) in [5.74, 6) is 0. The van der Waals surface area contributed by atoms with Gasteiger partial charge in [-0.05, 0) is 44.7 Å². The smallest absolute Gasteiger partial charge is 0.0667 e. The zero-order chi connectivity index (χ0) is 12.8. The zero-order valence-electron chi connectivity index (χ0n) is 12.0. The Hall–Kier alpha value is -0.120. The molecule has 1 heterocycles. The number of nitrogens with one attached hydrogen (secondary N) is 1. The highest BCUT2D eigenvalue weighted by molar-refractivity contribution is 4.88. The van der Waals surface area contributed by atoms with Crippen LogP contribution < -0.4 is 5.32 Å². The van der Waals surface area contributed by atoms with E-state index in [4.69, 9.17) is 0 Å². The highest BCUT2D eigenvalue weighted by Gasteiger charge is 2.33. The number of hydrogen-bond donors (Lipinski definition) is 2. The van der Waals surface area contributed by atoms with Gasteiger partial charge in [0.25, 0.3) is 0 Å². The summed E-state index contributed by atoms with van der Waals surface area (Å²) in [6.45, 7) is 4.40. The third kappa shape index (κ3) is 3.94. The van der Waals surface area contributed by atoms with Crippen LogP contribution in [0.4, 0.5) is 0 Å². The number of piperidine rings is 1. The summed E-state index contributed by atoms with van der Waals surface area (Å²) in [6.07, 6.45) is 10.4. The highest BCUT2D eigenvalue weighted by Crippen LogP contribution is 2.36. The Bertz CT molecular complexity index is 237. The van der Waals surface area contributed by atoms with E-state index in [2.05, 4.69) is 17.3 Å². The number of likely N-dealkylation sites (tertiary alicyclic amines) is 1. The highest BCUT2D eigenvalue weighted by atomic mass is 16.3. The molecule has 0 spiro atoms. The fourth-order valence-electron chi connectivity index (χ4n) is 3.89. The Morgan fingerprint density at radius 3 is 2.50 bits per heavy atom. The predicted octanol–water partition coefficient (Wildman–Crippen LogP) is 2.00. The van der Waals surface area contributed by atoms with Crippen molar-refractivity contribution in [2.24, 2.45) is 5.41 Å². The lowest BCUT2D eigenvalue weighted by Gasteiger charge is -2.40. The van der Waals surface area contributed by atoms with Gasteiger partial charge in [-0.2, -0.15) is 0 Å². The second-order valence-electron chi connectivity index (χ2n) is 6.48. The molecule has 2 fully saturated rings. The monoisotopic (exact) mass is 254 g/mol. The summed E-state index contributed by atoms with van der Waals surface area (Å²) in [5.41, 5.74) is 0.461. The van der Waals surface area contributed by atoms with Gasteiger partial charge in [0.2, 0.25) is 0 Å². The second kappa shape index (κ2) is 6.88. The normalized spacial score (nSPS) is 30.0. The Labute approximate surface area is 112 Å². The van der Waals surface area contributed by atoms with E-state index in [1.165, 1.54) is 51.6 Å². The van der Waals surface area contributed by atoms with E-state index < -0.39 is 0 Å². The van der Waals surface area contributed by atoms with Gasteiger partial charge >= 0.3 is 0 Å². The van der Waals surface area contributed by atoms with Crippen molar-refractivity contribution < 1.29 is 5.11 Å². The van der Waals surface area contributed by atoms with Crippen LogP contribution in [0.3, 0.4) is 0 Å². The molecule has 3 heteroatoms. The third-order valence-electron chi connectivity index (χ3n) is 4.76. The Kier molecular flexibility index (Phi) is 5.46. The molecule has 1 aliphatic carbocycles. The minimum absolute atomic E-state index is 0.0869. The summed E-state index contributed by atoms with van der Waals surface area (Å²) >= 11 is 0. The van der Waals surface area contributed by atoms with Crippen LogP contribution in [0.25, 0.3) is 0 Å². The lowest BCUT2D eigenvalue weighted by atomic mass is 9.79. The largest absolute Gasteiger partial charge is 0.392 e. The molecular weight excluding hydrogens is 224 g/mol. The topological polar surface area (TPSA) is 35.5 Å². The molecule has 0 bridgehead atoms. The van der Waals surface area contributed by atoms with E-state index in [1.54, 1.807) is 0 Å². The standard InChI is InChI=1S/C15H30N2O/c1-16-12-15(8-4-2-3-5-9-15)13-17-10-6-7-14(18)11-17/h14,16,18H,2-13H2,1H3. The molecule has 2 rings (SSSR count). The van der Waals surface area contributed by atoms with Crippen molar-refractivity contribution in [3.63, 3.8) is 0 Å². The summed E-state index contributed by atoms with van der Waals surface area (Å²) < 4.78 is 0. The number of rotatable bonds is 4. The molecule has 0 aromatic carbocycles. The number of β-amino-alcohol motifs (C(OH)–C–C–N with tert-alkyl or cyclic N) is 1. The minimum Gasteiger partial charge on any atom is -0.392 e. The van der Waals surface area contributed by atoms with Gasteiger partial charge in [0.05, 0.1) is 6.10 Å². The number of aliphatic hydroxyl groups excluding tert-OH is 1. The van der Waals surface area contributed by atoms with Gasteiger partial charge in [-0.3, -0.25) is 0 Å². The van der Waals surface area contributed by atoms with Crippen LogP contribution >= 0.6 is 0 Å². The van der Waals surface area contributed by atoms with Crippen LogP contribution in [0.1, 0.15) is 51.4 Å². The number of nitrogens with zero attached hydrogens (tertiary/aromatic N) is 1. The molecule has 0 aromatic rings. The zero-order valence-corrected chi connectivity index (χ0v) is 12.0. The molecule has 0 aromatic heterocycles. The summed E-state index contributed by atoms with van der Waals surface area (Å²) in [4.78, 5) is 2.51. The maximum Gasteiger partial charge on any atom is 0.0667 e. The molecule has 106 valence electrons. The molecular formula is C15H30N2O. The van der Waals surface area contributed by atoms with Crippen molar-refractivity contribution in [1.29, 1.82) is 0 Å². The lowest BCUT2D eigenvalue weighted by molar-refractivity contribution is 0.0384. The van der Waals surface area contributed by atoms with Crippen LogP contribution in [-0.2, 0) is 0 Å². The molecule has 1 unspecified atom stereocenters. The maximum atomic E-state index is 9.82. The summed E-state index contributed by atoms with van der Waals surface area (Å²) in [7, 11) is 2.08. The van der Waals surface area contributed by atoms with Crippen LogP contribution in [0.5, 0.6) is 0 Å². The minimum atomic E-state index is -0.0869. The average molecular weight is 254 g/mol. The first-order valence-corrected chi connectivity index (χ1v) is 7.79. The number of hydrogen-bond acceptors (Lipinski definition) is 3. The molecule has 18 heavy (non-hydrogen) atoms. The van der Waals surface area contributed by atoms with Crippen molar-refractivity contribution in [2.75, 3.05) is 33.2 Å². The van der Waals surface area contributed by atoms with Crippen molar-refractivity contribution in [3.05, 3.63) is 0 Å². The van der Waals surface area contributed by atoms with E-state index in [1.807, 2.05) is 0 Å². The Balaban J connectivity index is 1.95. The lowest BCUT2D eigenvalue weighted by Crippen LogP contribution is -2.47. The quantitative estimate of drug-likeness (QED) is 0.753. The van der Waals surface area contributed by atoms with E-state index in [0.717, 1.165) is 25.9 Å². The Morgan fingerprint density at radius 2 is 1.89 bits per heavy atom.